The third-order valence-corrected chi connectivity index (χ3v) is 4.30. The van der Waals surface area contributed by atoms with E-state index in [1.807, 2.05) is 36.4 Å². The number of carbonyl (C=O) groups is 1. The van der Waals surface area contributed by atoms with Gasteiger partial charge in [-0.05, 0) is 36.4 Å². The first-order chi connectivity index (χ1) is 11.1. The molecule has 2 aromatic carbocycles. The number of nitrogens with one attached hydrogen (secondary N) is 2. The normalized spacial score (nSPS) is 11.4. The lowest BCUT2D eigenvalue weighted by molar-refractivity contribution is 0.256. The summed E-state index contributed by atoms with van der Waals surface area (Å²) in [5.41, 5.74) is 7.25. The molecule has 0 aliphatic heterocycles. The van der Waals surface area contributed by atoms with E-state index in [0.29, 0.717) is 10.8 Å². The molecule has 0 saturated heterocycles. The molecule has 23 heavy (non-hydrogen) atoms. The first-order valence-corrected chi connectivity index (χ1v) is 8.24. The van der Waals surface area contributed by atoms with Crippen LogP contribution in [0.5, 0.6) is 0 Å². The molecule has 116 valence electrons. The van der Waals surface area contributed by atoms with Crippen molar-refractivity contribution in [3.63, 3.8) is 0 Å². The van der Waals surface area contributed by atoms with Gasteiger partial charge in [0.1, 0.15) is 0 Å². The topological polar surface area (TPSA) is 92.4 Å². The Bertz CT molecular complexity index is 842. The summed E-state index contributed by atoms with van der Waals surface area (Å²) >= 11 is 4.73. The summed E-state index contributed by atoms with van der Waals surface area (Å²) in [6, 6.07) is 14.4. The zero-order chi connectivity index (χ0) is 16.2. The molecular formula is C15H12BrN5OS. The largest absolute Gasteiger partial charge is 0.369 e. The number of anilines is 1. The Labute approximate surface area is 144 Å². The van der Waals surface area contributed by atoms with Gasteiger partial charge in [-0.15, -0.1) is 0 Å². The van der Waals surface area contributed by atoms with Crippen molar-refractivity contribution in [2.75, 3.05) is 5.32 Å². The molecule has 0 bridgehead atoms. The number of benzene rings is 2. The van der Waals surface area contributed by atoms with E-state index in [-0.39, 0.29) is 5.96 Å². The Balaban J connectivity index is 1.66. The van der Waals surface area contributed by atoms with E-state index in [4.69, 9.17) is 5.73 Å². The second-order valence-corrected chi connectivity index (χ2v) is 6.47. The van der Waals surface area contributed by atoms with Crippen molar-refractivity contribution in [1.29, 1.82) is 0 Å². The number of urea groups is 1. The summed E-state index contributed by atoms with van der Waals surface area (Å²) in [7, 11) is 0. The number of thiazole rings is 1. The Hall–Kier alpha value is -2.45. The van der Waals surface area contributed by atoms with Crippen LogP contribution in [0.25, 0.3) is 10.2 Å². The average Bonchev–Trinajstić information content (AvgIpc) is 2.91. The van der Waals surface area contributed by atoms with Crippen molar-refractivity contribution in [2.24, 2.45) is 10.7 Å². The number of amides is 2. The Morgan fingerprint density at radius 3 is 2.65 bits per heavy atom. The van der Waals surface area contributed by atoms with E-state index in [1.165, 1.54) is 11.3 Å². The van der Waals surface area contributed by atoms with Crippen molar-refractivity contribution < 1.29 is 4.79 Å². The standard InChI is InChI=1S/C15H12BrN5OS/c16-9-5-7-10(8-6-9)18-14(22)20-13(17)21-15-19-11-3-1-2-4-12(11)23-15/h1-8H,(H4,17,18,19,20,21,22). The number of guanidine groups is 1. The highest BCUT2D eigenvalue weighted by Gasteiger charge is 2.06. The molecule has 6 nitrogen and oxygen atoms in total. The Morgan fingerprint density at radius 1 is 1.17 bits per heavy atom. The predicted molar refractivity (Wildman–Crippen MR) is 97.2 cm³/mol. The van der Waals surface area contributed by atoms with Crippen LogP contribution < -0.4 is 16.4 Å². The molecule has 0 aliphatic rings. The number of aliphatic imine (C=N–C) groups is 1. The maximum absolute atomic E-state index is 11.9. The van der Waals surface area contributed by atoms with Crippen LogP contribution in [0.15, 0.2) is 58.0 Å². The molecule has 0 radical (unpaired) electrons. The van der Waals surface area contributed by atoms with E-state index in [1.54, 1.807) is 12.1 Å². The van der Waals surface area contributed by atoms with Gasteiger partial charge in [0.05, 0.1) is 10.2 Å². The summed E-state index contributed by atoms with van der Waals surface area (Å²) < 4.78 is 1.94. The molecule has 0 saturated carbocycles. The average molecular weight is 390 g/mol. The van der Waals surface area contributed by atoms with Crippen LogP contribution in [0.3, 0.4) is 0 Å². The highest BCUT2D eigenvalue weighted by molar-refractivity contribution is 9.10. The van der Waals surface area contributed by atoms with Gasteiger partial charge in [0.15, 0.2) is 0 Å². The van der Waals surface area contributed by atoms with Crippen LogP contribution in [-0.4, -0.2) is 17.0 Å². The number of halogens is 1. The van der Waals surface area contributed by atoms with Crippen LogP contribution in [0.1, 0.15) is 0 Å². The monoisotopic (exact) mass is 389 g/mol. The number of aromatic nitrogens is 1. The molecule has 0 fully saturated rings. The molecule has 0 atom stereocenters. The molecule has 4 N–H and O–H groups in total. The first kappa shape index (κ1) is 15.4. The van der Waals surface area contributed by atoms with Crippen molar-refractivity contribution >= 4 is 60.3 Å². The maximum Gasteiger partial charge on any atom is 0.325 e. The second kappa shape index (κ2) is 6.76. The summed E-state index contributed by atoms with van der Waals surface area (Å²) in [6.07, 6.45) is 0. The lowest BCUT2D eigenvalue weighted by Crippen LogP contribution is -2.39. The minimum atomic E-state index is -0.463. The molecule has 0 aliphatic carbocycles. The summed E-state index contributed by atoms with van der Waals surface area (Å²) in [5, 5.41) is 5.63. The Kier molecular flexibility index (Phi) is 4.54. The number of nitrogens with two attached hydrogens (primary N) is 1. The number of fused-ring (bicyclic) bond motifs is 1. The zero-order valence-corrected chi connectivity index (χ0v) is 14.2. The molecular weight excluding hydrogens is 378 g/mol. The van der Waals surface area contributed by atoms with Gasteiger partial charge in [0, 0.05) is 10.2 Å². The number of nitrogens with zero attached hydrogens (tertiary/aromatic N) is 2. The van der Waals surface area contributed by atoms with Gasteiger partial charge in [-0.2, -0.15) is 4.99 Å². The molecule has 8 heteroatoms. The van der Waals surface area contributed by atoms with Crippen molar-refractivity contribution in [1.82, 2.24) is 10.3 Å². The fourth-order valence-electron chi connectivity index (χ4n) is 1.85. The second-order valence-electron chi connectivity index (χ2n) is 4.55. The van der Waals surface area contributed by atoms with Crippen LogP contribution in [-0.2, 0) is 0 Å². The van der Waals surface area contributed by atoms with Gasteiger partial charge in [0.2, 0.25) is 11.1 Å². The van der Waals surface area contributed by atoms with Crippen molar-refractivity contribution in [3.8, 4) is 0 Å². The third kappa shape index (κ3) is 4.05. The van der Waals surface area contributed by atoms with Gasteiger partial charge in [-0.25, -0.2) is 9.78 Å². The highest BCUT2D eigenvalue weighted by Crippen LogP contribution is 2.27. The van der Waals surface area contributed by atoms with Crippen LogP contribution in [0, 0.1) is 0 Å². The molecule has 0 spiro atoms. The zero-order valence-electron chi connectivity index (χ0n) is 11.8. The van der Waals surface area contributed by atoms with Crippen LogP contribution in [0.4, 0.5) is 15.6 Å². The lowest BCUT2D eigenvalue weighted by Gasteiger charge is -2.06. The number of para-hydroxylation sites is 1. The van der Waals surface area contributed by atoms with E-state index < -0.39 is 6.03 Å². The number of rotatable bonds is 2. The molecule has 2 amide bonds. The molecule has 1 heterocycles. The first-order valence-electron chi connectivity index (χ1n) is 6.63. The van der Waals surface area contributed by atoms with E-state index >= 15 is 0 Å². The quantitative estimate of drug-likeness (QED) is 0.459. The predicted octanol–water partition coefficient (Wildman–Crippen LogP) is 3.83. The van der Waals surface area contributed by atoms with Crippen LogP contribution >= 0.6 is 27.3 Å². The van der Waals surface area contributed by atoms with E-state index in [0.717, 1.165) is 14.7 Å². The highest BCUT2D eigenvalue weighted by atomic mass is 79.9. The summed E-state index contributed by atoms with van der Waals surface area (Å²) in [6.45, 7) is 0. The van der Waals surface area contributed by atoms with Crippen LogP contribution in [0.2, 0.25) is 0 Å². The lowest BCUT2D eigenvalue weighted by atomic mass is 10.3. The third-order valence-electron chi connectivity index (χ3n) is 2.84. The fourth-order valence-corrected chi connectivity index (χ4v) is 2.96. The fraction of sp³-hybridized carbons (Fsp3) is 0. The summed E-state index contributed by atoms with van der Waals surface area (Å²) in [4.78, 5) is 20.3. The molecule has 1 aromatic heterocycles. The minimum Gasteiger partial charge on any atom is -0.369 e. The minimum absolute atomic E-state index is 0.0151. The van der Waals surface area contributed by atoms with Gasteiger partial charge in [0.25, 0.3) is 0 Å². The van der Waals surface area contributed by atoms with Gasteiger partial charge in [-0.3, -0.25) is 5.32 Å². The molecule has 3 aromatic rings. The smallest absolute Gasteiger partial charge is 0.325 e. The van der Waals surface area contributed by atoms with Crippen molar-refractivity contribution in [2.45, 2.75) is 0 Å². The maximum atomic E-state index is 11.9. The van der Waals surface area contributed by atoms with Gasteiger partial charge < -0.3 is 11.1 Å². The summed E-state index contributed by atoms with van der Waals surface area (Å²) in [5.74, 6) is -0.0151. The molecule has 3 rings (SSSR count). The number of hydrogen-bond donors (Lipinski definition) is 3. The van der Waals surface area contributed by atoms with E-state index in [9.17, 15) is 4.79 Å². The molecule has 0 unspecified atom stereocenters. The Morgan fingerprint density at radius 2 is 1.91 bits per heavy atom. The SMILES string of the molecule is N/C(=N\c1nc2ccccc2s1)NC(=O)Nc1ccc(Br)cc1. The van der Waals surface area contributed by atoms with E-state index in [2.05, 4.69) is 36.5 Å². The number of hydrogen-bond acceptors (Lipinski definition) is 4. The van der Waals surface area contributed by atoms with Gasteiger partial charge >= 0.3 is 6.03 Å². The van der Waals surface area contributed by atoms with Crippen molar-refractivity contribution in [3.05, 3.63) is 53.0 Å². The van der Waals surface area contributed by atoms with Gasteiger partial charge in [-0.1, -0.05) is 39.4 Å². The number of carbonyl (C=O) groups excluding carboxylic acids is 1.